The Bertz CT molecular complexity index is 913. The number of carbonyl (C=O) groups excluding carboxylic acids is 1. The van der Waals surface area contributed by atoms with Crippen LogP contribution >= 0.6 is 23.4 Å². The number of amides is 1. The van der Waals surface area contributed by atoms with E-state index in [1.807, 2.05) is 54.1 Å². The van der Waals surface area contributed by atoms with E-state index in [1.165, 1.54) is 17.3 Å². The summed E-state index contributed by atoms with van der Waals surface area (Å²) in [6.45, 7) is 2.70. The Labute approximate surface area is 168 Å². The summed E-state index contributed by atoms with van der Waals surface area (Å²) >= 11 is 7.60. The van der Waals surface area contributed by atoms with Gasteiger partial charge < -0.3 is 9.88 Å². The van der Waals surface area contributed by atoms with Gasteiger partial charge in [-0.25, -0.2) is 0 Å². The van der Waals surface area contributed by atoms with Crippen LogP contribution < -0.4 is 5.32 Å². The average molecular weight is 401 g/mol. The Kier molecular flexibility index (Phi) is 6.53. The molecule has 0 saturated heterocycles. The van der Waals surface area contributed by atoms with Crippen LogP contribution in [0.15, 0.2) is 59.8 Å². The summed E-state index contributed by atoms with van der Waals surface area (Å²) < 4.78 is 1.85. The highest BCUT2D eigenvalue weighted by Gasteiger charge is 2.15. The van der Waals surface area contributed by atoms with Gasteiger partial charge in [-0.1, -0.05) is 72.8 Å². The maximum absolute atomic E-state index is 12.2. The molecule has 1 atom stereocenters. The standard InChI is InChI=1S/C20H21ClN4OS/c1-14(15-8-4-3-5-9-15)12-22-18(26)13-27-20-24-23-19(25(20)2)16-10-6-7-11-17(16)21/h3-11,14H,12-13H2,1-2H3,(H,22,26)/t14-/m0/s1. The van der Waals surface area contributed by atoms with Crippen LogP contribution in [-0.4, -0.2) is 33.0 Å². The van der Waals surface area contributed by atoms with Crippen molar-refractivity contribution in [3.8, 4) is 11.4 Å². The van der Waals surface area contributed by atoms with Crippen molar-refractivity contribution < 1.29 is 4.79 Å². The van der Waals surface area contributed by atoms with Crippen LogP contribution in [0.1, 0.15) is 18.4 Å². The molecule has 0 spiro atoms. The fourth-order valence-electron chi connectivity index (χ4n) is 2.67. The van der Waals surface area contributed by atoms with Gasteiger partial charge in [0.15, 0.2) is 11.0 Å². The normalized spacial score (nSPS) is 12.0. The van der Waals surface area contributed by atoms with E-state index in [4.69, 9.17) is 11.6 Å². The Hall–Kier alpha value is -2.31. The first-order valence-corrected chi connectivity index (χ1v) is 10.0. The number of hydrogen-bond acceptors (Lipinski definition) is 4. The van der Waals surface area contributed by atoms with Crippen LogP contribution in [0.5, 0.6) is 0 Å². The zero-order chi connectivity index (χ0) is 19.2. The van der Waals surface area contributed by atoms with Gasteiger partial charge in [0, 0.05) is 19.2 Å². The number of benzene rings is 2. The van der Waals surface area contributed by atoms with Crippen LogP contribution in [-0.2, 0) is 11.8 Å². The van der Waals surface area contributed by atoms with Crippen molar-refractivity contribution in [2.45, 2.75) is 18.0 Å². The first kappa shape index (κ1) is 19.5. The lowest BCUT2D eigenvalue weighted by molar-refractivity contribution is -0.118. The van der Waals surface area contributed by atoms with E-state index in [0.29, 0.717) is 22.5 Å². The molecule has 27 heavy (non-hydrogen) atoms. The van der Waals surface area contributed by atoms with Gasteiger partial charge >= 0.3 is 0 Å². The SMILES string of the molecule is C[C@@H](CNC(=O)CSc1nnc(-c2ccccc2Cl)n1C)c1ccccc1. The van der Waals surface area contributed by atoms with Gasteiger partial charge in [0.2, 0.25) is 5.91 Å². The third kappa shape index (κ3) is 4.90. The highest BCUT2D eigenvalue weighted by Crippen LogP contribution is 2.28. The van der Waals surface area contributed by atoms with E-state index in [9.17, 15) is 4.79 Å². The molecule has 1 amide bonds. The van der Waals surface area contributed by atoms with Crippen molar-refractivity contribution in [3.63, 3.8) is 0 Å². The second-order valence-electron chi connectivity index (χ2n) is 6.25. The monoisotopic (exact) mass is 400 g/mol. The maximum atomic E-state index is 12.2. The molecule has 1 heterocycles. The zero-order valence-electron chi connectivity index (χ0n) is 15.2. The molecule has 0 aliphatic rings. The fourth-order valence-corrected chi connectivity index (χ4v) is 3.63. The summed E-state index contributed by atoms with van der Waals surface area (Å²) in [4.78, 5) is 12.2. The molecule has 0 unspecified atom stereocenters. The molecular formula is C20H21ClN4OS. The molecule has 0 radical (unpaired) electrons. The van der Waals surface area contributed by atoms with Gasteiger partial charge in [-0.3, -0.25) is 4.79 Å². The Morgan fingerprint density at radius 2 is 1.85 bits per heavy atom. The van der Waals surface area contributed by atoms with Crippen LogP contribution in [0.25, 0.3) is 11.4 Å². The van der Waals surface area contributed by atoms with E-state index in [2.05, 4.69) is 34.6 Å². The molecule has 0 bridgehead atoms. The minimum atomic E-state index is -0.0231. The molecular weight excluding hydrogens is 380 g/mol. The van der Waals surface area contributed by atoms with E-state index in [-0.39, 0.29) is 17.6 Å². The summed E-state index contributed by atoms with van der Waals surface area (Å²) in [6, 6.07) is 17.6. The topological polar surface area (TPSA) is 59.8 Å². The van der Waals surface area contributed by atoms with Crippen molar-refractivity contribution in [3.05, 3.63) is 65.2 Å². The highest BCUT2D eigenvalue weighted by molar-refractivity contribution is 7.99. The van der Waals surface area contributed by atoms with Crippen LogP contribution in [0.2, 0.25) is 5.02 Å². The van der Waals surface area contributed by atoms with Crippen LogP contribution in [0.4, 0.5) is 0 Å². The second kappa shape index (κ2) is 9.06. The maximum Gasteiger partial charge on any atom is 0.230 e. The number of rotatable bonds is 7. The summed E-state index contributed by atoms with van der Waals surface area (Å²) in [5, 5.41) is 12.7. The molecule has 3 aromatic rings. The average Bonchev–Trinajstić information content (AvgIpc) is 3.06. The van der Waals surface area contributed by atoms with Gasteiger partial charge in [0.25, 0.3) is 0 Å². The number of thioether (sulfide) groups is 1. The first-order valence-electron chi connectivity index (χ1n) is 8.65. The number of carbonyl (C=O) groups is 1. The van der Waals surface area contributed by atoms with Gasteiger partial charge in [-0.15, -0.1) is 10.2 Å². The quantitative estimate of drug-likeness (QED) is 0.605. The van der Waals surface area contributed by atoms with E-state index >= 15 is 0 Å². The molecule has 7 heteroatoms. The number of aromatic nitrogens is 3. The minimum absolute atomic E-state index is 0.0231. The summed E-state index contributed by atoms with van der Waals surface area (Å²) in [6.07, 6.45) is 0. The van der Waals surface area contributed by atoms with Crippen molar-refractivity contribution >= 4 is 29.3 Å². The molecule has 0 fully saturated rings. The predicted octanol–water partition coefficient (Wildman–Crippen LogP) is 4.15. The predicted molar refractivity (Wildman–Crippen MR) is 110 cm³/mol. The smallest absolute Gasteiger partial charge is 0.230 e. The lowest BCUT2D eigenvalue weighted by Gasteiger charge is -2.12. The molecule has 1 aromatic heterocycles. The largest absolute Gasteiger partial charge is 0.355 e. The summed E-state index contributed by atoms with van der Waals surface area (Å²) in [7, 11) is 1.87. The number of nitrogens with one attached hydrogen (secondary N) is 1. The highest BCUT2D eigenvalue weighted by atomic mass is 35.5. The summed E-state index contributed by atoms with van der Waals surface area (Å²) in [5.74, 6) is 1.21. The van der Waals surface area contributed by atoms with Crippen molar-refractivity contribution in [2.24, 2.45) is 7.05 Å². The molecule has 3 rings (SSSR count). The summed E-state index contributed by atoms with van der Waals surface area (Å²) in [5.41, 5.74) is 2.03. The van der Waals surface area contributed by atoms with Gasteiger partial charge in [-0.05, 0) is 23.6 Å². The van der Waals surface area contributed by atoms with E-state index in [1.54, 1.807) is 0 Å². The third-order valence-electron chi connectivity index (χ3n) is 4.26. The molecule has 5 nitrogen and oxygen atoms in total. The number of nitrogens with zero attached hydrogens (tertiary/aromatic N) is 3. The van der Waals surface area contributed by atoms with Crippen molar-refractivity contribution in [1.82, 2.24) is 20.1 Å². The fraction of sp³-hybridized carbons (Fsp3) is 0.250. The van der Waals surface area contributed by atoms with E-state index < -0.39 is 0 Å². The second-order valence-corrected chi connectivity index (χ2v) is 7.60. The van der Waals surface area contributed by atoms with Gasteiger partial charge in [-0.2, -0.15) is 0 Å². The Morgan fingerprint density at radius 3 is 2.59 bits per heavy atom. The molecule has 140 valence electrons. The number of hydrogen-bond donors (Lipinski definition) is 1. The van der Waals surface area contributed by atoms with Crippen LogP contribution in [0.3, 0.4) is 0 Å². The third-order valence-corrected chi connectivity index (χ3v) is 5.61. The molecule has 0 aliphatic carbocycles. The van der Waals surface area contributed by atoms with Crippen molar-refractivity contribution in [1.29, 1.82) is 0 Å². The lowest BCUT2D eigenvalue weighted by Crippen LogP contribution is -2.29. The molecule has 0 aliphatic heterocycles. The zero-order valence-corrected chi connectivity index (χ0v) is 16.8. The van der Waals surface area contributed by atoms with Gasteiger partial charge in [0.05, 0.1) is 10.8 Å². The molecule has 2 aromatic carbocycles. The minimum Gasteiger partial charge on any atom is -0.355 e. The van der Waals surface area contributed by atoms with Gasteiger partial charge in [0.1, 0.15) is 0 Å². The Balaban J connectivity index is 1.54. The Morgan fingerprint density at radius 1 is 1.15 bits per heavy atom. The van der Waals surface area contributed by atoms with Crippen LogP contribution in [0, 0.1) is 0 Å². The molecule has 0 saturated carbocycles. The number of halogens is 1. The molecule has 1 N–H and O–H groups in total. The lowest BCUT2D eigenvalue weighted by atomic mass is 10.0. The van der Waals surface area contributed by atoms with E-state index in [0.717, 1.165) is 5.56 Å². The first-order chi connectivity index (χ1) is 13.1. The van der Waals surface area contributed by atoms with Crippen molar-refractivity contribution in [2.75, 3.05) is 12.3 Å².